The SMILES string of the molecule is CC(C)(C)[Si](C)(C)OCC1(c2cc3c(F)c(Cl)ncc3c(=O)[nH]2)COC1. The quantitative estimate of drug-likeness (QED) is 0.624. The molecule has 1 N–H and O–H groups in total. The first-order valence-corrected chi connectivity index (χ1v) is 11.8. The molecule has 0 amide bonds. The summed E-state index contributed by atoms with van der Waals surface area (Å²) < 4.78 is 26.2. The van der Waals surface area contributed by atoms with Crippen LogP contribution in [0.1, 0.15) is 26.5 Å². The Hall–Kier alpha value is -1.28. The summed E-state index contributed by atoms with van der Waals surface area (Å²) in [6.45, 7) is 12.1. The monoisotopic (exact) mass is 398 g/mol. The lowest BCUT2D eigenvalue weighted by molar-refractivity contribution is -0.0836. The van der Waals surface area contributed by atoms with E-state index in [0.29, 0.717) is 25.5 Å². The zero-order valence-electron chi connectivity index (χ0n) is 15.7. The Balaban J connectivity index is 2.00. The van der Waals surface area contributed by atoms with E-state index >= 15 is 0 Å². The molecule has 8 heteroatoms. The molecule has 0 radical (unpaired) electrons. The van der Waals surface area contributed by atoms with Crippen molar-refractivity contribution in [3.8, 4) is 0 Å². The van der Waals surface area contributed by atoms with E-state index in [1.165, 1.54) is 6.20 Å². The lowest BCUT2D eigenvalue weighted by Gasteiger charge is -2.45. The van der Waals surface area contributed by atoms with Gasteiger partial charge in [0.25, 0.3) is 5.56 Å². The molecule has 1 aliphatic heterocycles. The first-order valence-electron chi connectivity index (χ1n) is 8.56. The predicted octanol–water partition coefficient (Wildman–Crippen LogP) is 4.01. The normalized spacial score (nSPS) is 17.3. The molecule has 2 aromatic rings. The highest BCUT2D eigenvalue weighted by atomic mass is 35.5. The summed E-state index contributed by atoms with van der Waals surface area (Å²) in [4.78, 5) is 19.0. The zero-order valence-corrected chi connectivity index (χ0v) is 17.5. The molecular formula is C18H24ClFN2O3Si. The van der Waals surface area contributed by atoms with Gasteiger partial charge in [-0.2, -0.15) is 0 Å². The van der Waals surface area contributed by atoms with Crippen molar-refractivity contribution >= 4 is 30.7 Å². The molecule has 0 saturated carbocycles. The van der Waals surface area contributed by atoms with Gasteiger partial charge in [-0.3, -0.25) is 4.79 Å². The van der Waals surface area contributed by atoms with E-state index in [4.69, 9.17) is 20.8 Å². The Bertz CT molecular complexity index is 904. The molecule has 1 saturated heterocycles. The highest BCUT2D eigenvalue weighted by Crippen LogP contribution is 2.40. The van der Waals surface area contributed by atoms with Crippen molar-refractivity contribution in [1.29, 1.82) is 0 Å². The van der Waals surface area contributed by atoms with Crippen LogP contribution >= 0.6 is 11.6 Å². The largest absolute Gasteiger partial charge is 0.416 e. The fourth-order valence-electron chi connectivity index (χ4n) is 2.65. The summed E-state index contributed by atoms with van der Waals surface area (Å²) >= 11 is 5.78. The van der Waals surface area contributed by atoms with Gasteiger partial charge in [0.05, 0.1) is 24.0 Å². The Morgan fingerprint density at radius 1 is 1.38 bits per heavy atom. The number of H-pyrrole nitrogens is 1. The number of nitrogens with zero attached hydrogens (tertiary/aromatic N) is 1. The van der Waals surface area contributed by atoms with Crippen molar-refractivity contribution in [2.45, 2.75) is 44.3 Å². The van der Waals surface area contributed by atoms with Gasteiger partial charge in [-0.25, -0.2) is 9.37 Å². The number of aromatic nitrogens is 2. The van der Waals surface area contributed by atoms with E-state index in [1.807, 2.05) is 0 Å². The third-order valence-corrected chi connectivity index (χ3v) is 10.4. The lowest BCUT2D eigenvalue weighted by atomic mass is 9.82. The Morgan fingerprint density at radius 3 is 2.58 bits per heavy atom. The summed E-state index contributed by atoms with van der Waals surface area (Å²) in [5.41, 5.74) is -0.259. The van der Waals surface area contributed by atoms with Crippen LogP contribution < -0.4 is 5.56 Å². The fraction of sp³-hybridized carbons (Fsp3) is 0.556. The van der Waals surface area contributed by atoms with Crippen LogP contribution in [-0.2, 0) is 14.6 Å². The summed E-state index contributed by atoms with van der Waals surface area (Å²) in [7, 11) is -1.97. The maximum Gasteiger partial charge on any atom is 0.257 e. The van der Waals surface area contributed by atoms with Crippen LogP contribution in [0, 0.1) is 5.82 Å². The van der Waals surface area contributed by atoms with Crippen molar-refractivity contribution in [3.63, 3.8) is 0 Å². The molecule has 0 aromatic carbocycles. The molecule has 3 rings (SSSR count). The van der Waals surface area contributed by atoms with Crippen molar-refractivity contribution in [1.82, 2.24) is 9.97 Å². The second kappa shape index (κ2) is 6.40. The van der Waals surface area contributed by atoms with E-state index in [2.05, 4.69) is 43.8 Å². The molecule has 2 aromatic heterocycles. The molecule has 1 fully saturated rings. The Kier molecular flexibility index (Phi) is 4.80. The summed E-state index contributed by atoms with van der Waals surface area (Å²) in [6.07, 6.45) is 1.29. The molecule has 5 nitrogen and oxygen atoms in total. The number of fused-ring (bicyclic) bond motifs is 1. The summed E-state index contributed by atoms with van der Waals surface area (Å²) in [5.74, 6) is -0.683. The van der Waals surface area contributed by atoms with Gasteiger partial charge >= 0.3 is 0 Å². The number of hydrogen-bond donors (Lipinski definition) is 1. The average molecular weight is 399 g/mol. The third kappa shape index (κ3) is 3.22. The molecule has 26 heavy (non-hydrogen) atoms. The van der Waals surface area contributed by atoms with Gasteiger partial charge < -0.3 is 14.1 Å². The second-order valence-electron chi connectivity index (χ2n) is 8.52. The van der Waals surface area contributed by atoms with Crippen LogP contribution in [0.15, 0.2) is 17.1 Å². The Labute approximate surface area is 158 Å². The van der Waals surface area contributed by atoms with Crippen molar-refractivity contribution in [2.24, 2.45) is 0 Å². The maximum absolute atomic E-state index is 14.4. The standard InChI is InChI=1S/C18H24ClFN2O3Si/c1-17(2,3)26(4,5)25-10-18(8-24-9-18)13-6-11-12(16(23)22-13)7-21-15(19)14(11)20/h6-7H,8-10H2,1-5H3,(H,22,23). The average Bonchev–Trinajstić information content (AvgIpc) is 2.49. The smallest absolute Gasteiger partial charge is 0.257 e. The van der Waals surface area contributed by atoms with Gasteiger partial charge in [-0.1, -0.05) is 32.4 Å². The van der Waals surface area contributed by atoms with E-state index in [0.717, 1.165) is 0 Å². The molecular weight excluding hydrogens is 375 g/mol. The number of rotatable bonds is 4. The van der Waals surface area contributed by atoms with Gasteiger partial charge in [-0.05, 0) is 24.2 Å². The van der Waals surface area contributed by atoms with Crippen LogP contribution in [0.5, 0.6) is 0 Å². The zero-order chi connectivity index (χ0) is 19.3. The number of halogens is 2. The second-order valence-corrected chi connectivity index (χ2v) is 13.7. The van der Waals surface area contributed by atoms with Crippen molar-refractivity contribution in [2.75, 3.05) is 19.8 Å². The number of nitrogens with one attached hydrogen (secondary N) is 1. The molecule has 0 spiro atoms. The van der Waals surface area contributed by atoms with E-state index in [9.17, 15) is 9.18 Å². The van der Waals surface area contributed by atoms with Gasteiger partial charge in [-0.15, -0.1) is 0 Å². The molecule has 142 valence electrons. The minimum absolute atomic E-state index is 0.0703. The molecule has 1 aliphatic rings. The third-order valence-electron chi connectivity index (χ3n) is 5.64. The number of hydrogen-bond acceptors (Lipinski definition) is 4. The maximum atomic E-state index is 14.4. The highest BCUT2D eigenvalue weighted by molar-refractivity contribution is 6.74. The lowest BCUT2D eigenvalue weighted by Crippen LogP contribution is -2.54. The van der Waals surface area contributed by atoms with Gasteiger partial charge in [0.15, 0.2) is 19.3 Å². The van der Waals surface area contributed by atoms with Gasteiger partial charge in [0, 0.05) is 23.9 Å². The minimum Gasteiger partial charge on any atom is -0.416 e. The van der Waals surface area contributed by atoms with Crippen LogP contribution in [0.3, 0.4) is 0 Å². The van der Waals surface area contributed by atoms with Crippen molar-refractivity contribution in [3.05, 3.63) is 39.3 Å². The number of aromatic amines is 1. The molecule has 0 bridgehead atoms. The van der Waals surface area contributed by atoms with E-state index in [-0.39, 0.29) is 26.5 Å². The van der Waals surface area contributed by atoms with Crippen molar-refractivity contribution < 1.29 is 13.6 Å². The van der Waals surface area contributed by atoms with Gasteiger partial charge in [0.1, 0.15) is 0 Å². The molecule has 0 aliphatic carbocycles. The highest BCUT2D eigenvalue weighted by Gasteiger charge is 2.46. The van der Waals surface area contributed by atoms with Gasteiger partial charge in [0.2, 0.25) is 0 Å². The summed E-state index contributed by atoms with van der Waals surface area (Å²) in [5, 5.41) is 0.171. The Morgan fingerprint density at radius 2 is 2.04 bits per heavy atom. The minimum atomic E-state index is -1.97. The van der Waals surface area contributed by atoms with Crippen LogP contribution in [-0.4, -0.2) is 38.1 Å². The molecule has 3 heterocycles. The van der Waals surface area contributed by atoms with E-state index in [1.54, 1.807) is 6.07 Å². The fourth-order valence-corrected chi connectivity index (χ4v) is 3.88. The first-order chi connectivity index (χ1) is 12.0. The van der Waals surface area contributed by atoms with Crippen LogP contribution in [0.4, 0.5) is 4.39 Å². The predicted molar refractivity (Wildman–Crippen MR) is 103 cm³/mol. The number of ether oxygens (including phenoxy) is 1. The first kappa shape index (κ1) is 19.5. The number of pyridine rings is 2. The van der Waals surface area contributed by atoms with E-state index < -0.39 is 19.5 Å². The van der Waals surface area contributed by atoms with Crippen LogP contribution in [0.2, 0.25) is 23.3 Å². The van der Waals surface area contributed by atoms with Crippen LogP contribution in [0.25, 0.3) is 10.8 Å². The molecule has 0 atom stereocenters. The topological polar surface area (TPSA) is 64.2 Å². The summed E-state index contributed by atoms with van der Waals surface area (Å²) in [6, 6.07) is 1.64. The molecule has 0 unspecified atom stereocenters.